The second kappa shape index (κ2) is 6.17. The van der Waals surface area contributed by atoms with Gasteiger partial charge in [-0.15, -0.1) is 4.40 Å². The zero-order chi connectivity index (χ0) is 16.4. The smallest absolute Gasteiger partial charge is 0.273 e. The Morgan fingerprint density at radius 3 is 2.17 bits per heavy atom. The lowest BCUT2D eigenvalue weighted by atomic mass is 10.3. The SMILES string of the molecule is CC1SC(=NS(=O)(=O)c2ccccc2)N(c2ccccc2)C1=O. The third-order valence-corrected chi connectivity index (χ3v) is 5.73. The molecule has 0 aliphatic carbocycles. The Labute approximate surface area is 139 Å². The molecule has 1 amide bonds. The molecule has 1 atom stereocenters. The van der Waals surface area contributed by atoms with Gasteiger partial charge in [-0.25, -0.2) is 0 Å². The molecular weight excluding hydrogens is 332 g/mol. The van der Waals surface area contributed by atoms with Gasteiger partial charge in [-0.05, 0) is 31.2 Å². The fourth-order valence-electron chi connectivity index (χ4n) is 2.16. The molecule has 1 heterocycles. The summed E-state index contributed by atoms with van der Waals surface area (Å²) in [6.07, 6.45) is 0. The lowest BCUT2D eigenvalue weighted by Crippen LogP contribution is -2.31. The van der Waals surface area contributed by atoms with Crippen molar-refractivity contribution in [1.29, 1.82) is 0 Å². The van der Waals surface area contributed by atoms with Crippen molar-refractivity contribution >= 4 is 38.5 Å². The zero-order valence-electron chi connectivity index (χ0n) is 12.3. The molecule has 1 aliphatic rings. The molecule has 0 bridgehead atoms. The van der Waals surface area contributed by atoms with Crippen LogP contribution in [-0.4, -0.2) is 24.7 Å². The molecule has 23 heavy (non-hydrogen) atoms. The number of carbonyl (C=O) groups is 1. The Balaban J connectivity index is 2.05. The Morgan fingerprint density at radius 2 is 1.57 bits per heavy atom. The Kier molecular flexibility index (Phi) is 4.23. The number of carbonyl (C=O) groups excluding carboxylic acids is 1. The molecule has 3 rings (SSSR count). The van der Waals surface area contributed by atoms with Crippen LogP contribution in [0.1, 0.15) is 6.92 Å². The van der Waals surface area contributed by atoms with E-state index in [-0.39, 0.29) is 21.2 Å². The third-order valence-electron chi connectivity index (χ3n) is 3.30. The van der Waals surface area contributed by atoms with Crippen LogP contribution in [0, 0.1) is 0 Å². The minimum Gasteiger partial charge on any atom is -0.273 e. The molecule has 1 fully saturated rings. The maximum Gasteiger partial charge on any atom is 0.284 e. The quantitative estimate of drug-likeness (QED) is 0.857. The van der Waals surface area contributed by atoms with E-state index in [1.165, 1.54) is 17.0 Å². The first-order valence-corrected chi connectivity index (χ1v) is 9.27. The minimum atomic E-state index is -3.86. The monoisotopic (exact) mass is 346 g/mol. The van der Waals surface area contributed by atoms with E-state index in [1.54, 1.807) is 49.4 Å². The zero-order valence-corrected chi connectivity index (χ0v) is 13.9. The molecule has 1 saturated heterocycles. The van der Waals surface area contributed by atoms with Crippen molar-refractivity contribution in [2.45, 2.75) is 17.1 Å². The van der Waals surface area contributed by atoms with E-state index in [4.69, 9.17) is 0 Å². The van der Waals surface area contributed by atoms with Crippen LogP contribution < -0.4 is 4.90 Å². The first-order chi connectivity index (χ1) is 11.0. The molecule has 1 unspecified atom stereocenters. The number of rotatable bonds is 3. The Morgan fingerprint density at radius 1 is 1.00 bits per heavy atom. The van der Waals surface area contributed by atoms with E-state index < -0.39 is 10.0 Å². The standard InChI is InChI=1S/C16H14N2O3S2/c1-12-15(19)18(13-8-4-2-5-9-13)16(22-12)17-23(20,21)14-10-6-3-7-11-14/h2-12H,1H3. The summed E-state index contributed by atoms with van der Waals surface area (Å²) < 4.78 is 28.8. The van der Waals surface area contributed by atoms with Crippen molar-refractivity contribution < 1.29 is 13.2 Å². The molecule has 1 aliphatic heterocycles. The van der Waals surface area contributed by atoms with Crippen LogP contribution in [0.3, 0.4) is 0 Å². The number of amidine groups is 1. The average molecular weight is 346 g/mol. The molecule has 5 nitrogen and oxygen atoms in total. The van der Waals surface area contributed by atoms with E-state index in [1.807, 2.05) is 6.07 Å². The molecule has 2 aromatic carbocycles. The van der Waals surface area contributed by atoms with E-state index in [9.17, 15) is 13.2 Å². The van der Waals surface area contributed by atoms with Crippen molar-refractivity contribution in [3.63, 3.8) is 0 Å². The molecule has 0 saturated carbocycles. The summed E-state index contributed by atoms with van der Waals surface area (Å²) in [5.41, 5.74) is 0.608. The summed E-state index contributed by atoms with van der Waals surface area (Å²) >= 11 is 1.15. The summed E-state index contributed by atoms with van der Waals surface area (Å²) in [5.74, 6) is -0.178. The highest BCUT2D eigenvalue weighted by molar-refractivity contribution is 8.16. The van der Waals surface area contributed by atoms with Crippen molar-refractivity contribution in [2.75, 3.05) is 4.90 Å². The predicted molar refractivity (Wildman–Crippen MR) is 92.0 cm³/mol. The molecule has 0 aromatic heterocycles. The highest BCUT2D eigenvalue weighted by atomic mass is 32.2. The van der Waals surface area contributed by atoms with Crippen LogP contribution in [0.25, 0.3) is 0 Å². The van der Waals surface area contributed by atoms with E-state index >= 15 is 0 Å². The fraction of sp³-hybridized carbons (Fsp3) is 0.125. The second-order valence-electron chi connectivity index (χ2n) is 4.93. The topological polar surface area (TPSA) is 66.8 Å². The molecular formula is C16H14N2O3S2. The van der Waals surface area contributed by atoms with Gasteiger partial charge in [0.2, 0.25) is 5.91 Å². The Bertz CT molecular complexity index is 849. The first kappa shape index (κ1) is 15.8. The van der Waals surface area contributed by atoms with Crippen LogP contribution >= 0.6 is 11.8 Å². The van der Waals surface area contributed by atoms with Gasteiger partial charge in [0, 0.05) is 0 Å². The number of nitrogens with zero attached hydrogens (tertiary/aromatic N) is 2. The number of thioether (sulfide) groups is 1. The van der Waals surface area contributed by atoms with Crippen molar-refractivity contribution in [2.24, 2.45) is 4.40 Å². The number of sulfonamides is 1. The minimum absolute atomic E-state index is 0.105. The summed E-state index contributed by atoms with van der Waals surface area (Å²) in [6, 6.07) is 16.9. The number of hydrogen-bond acceptors (Lipinski definition) is 4. The average Bonchev–Trinajstić information content (AvgIpc) is 2.82. The molecule has 0 spiro atoms. The van der Waals surface area contributed by atoms with Crippen molar-refractivity contribution in [3.8, 4) is 0 Å². The van der Waals surface area contributed by atoms with Gasteiger partial charge in [0.1, 0.15) is 0 Å². The highest BCUT2D eigenvalue weighted by Crippen LogP contribution is 2.32. The first-order valence-electron chi connectivity index (χ1n) is 6.95. The number of amides is 1. The number of anilines is 1. The fourth-order valence-corrected chi connectivity index (χ4v) is 4.35. The predicted octanol–water partition coefficient (Wildman–Crippen LogP) is 2.90. The van der Waals surface area contributed by atoms with Crippen LogP contribution in [0.4, 0.5) is 5.69 Å². The maximum absolute atomic E-state index is 12.4. The van der Waals surface area contributed by atoms with Gasteiger partial charge in [-0.1, -0.05) is 48.2 Å². The summed E-state index contributed by atoms with van der Waals surface area (Å²) in [4.78, 5) is 13.8. The van der Waals surface area contributed by atoms with Crippen LogP contribution in [-0.2, 0) is 14.8 Å². The van der Waals surface area contributed by atoms with E-state index in [0.29, 0.717) is 5.69 Å². The molecule has 118 valence electrons. The lowest BCUT2D eigenvalue weighted by Gasteiger charge is -2.15. The summed E-state index contributed by atoms with van der Waals surface area (Å²) in [5, 5.41) is -0.197. The van der Waals surface area contributed by atoms with Gasteiger partial charge < -0.3 is 0 Å². The van der Waals surface area contributed by atoms with E-state index in [2.05, 4.69) is 4.40 Å². The molecule has 0 N–H and O–H groups in total. The third kappa shape index (κ3) is 3.16. The Hall–Kier alpha value is -2.12. The van der Waals surface area contributed by atoms with Gasteiger partial charge in [-0.3, -0.25) is 9.69 Å². The molecule has 0 radical (unpaired) electrons. The lowest BCUT2D eigenvalue weighted by molar-refractivity contribution is -0.116. The number of para-hydroxylation sites is 1. The molecule has 7 heteroatoms. The summed E-state index contributed by atoms with van der Waals surface area (Å²) in [6.45, 7) is 1.74. The maximum atomic E-state index is 12.4. The van der Waals surface area contributed by atoms with Crippen molar-refractivity contribution in [3.05, 3.63) is 60.7 Å². The van der Waals surface area contributed by atoms with E-state index in [0.717, 1.165) is 11.8 Å². The summed E-state index contributed by atoms with van der Waals surface area (Å²) in [7, 11) is -3.86. The molecule has 2 aromatic rings. The van der Waals surface area contributed by atoms with Crippen LogP contribution in [0.5, 0.6) is 0 Å². The second-order valence-corrected chi connectivity index (χ2v) is 7.84. The number of benzene rings is 2. The highest BCUT2D eigenvalue weighted by Gasteiger charge is 2.37. The van der Waals surface area contributed by atoms with Gasteiger partial charge in [0.25, 0.3) is 10.0 Å². The van der Waals surface area contributed by atoms with Gasteiger partial charge in [0.15, 0.2) is 5.17 Å². The van der Waals surface area contributed by atoms with Gasteiger partial charge in [0.05, 0.1) is 15.8 Å². The van der Waals surface area contributed by atoms with Gasteiger partial charge >= 0.3 is 0 Å². The largest absolute Gasteiger partial charge is 0.284 e. The van der Waals surface area contributed by atoms with Crippen molar-refractivity contribution in [1.82, 2.24) is 0 Å². The van der Waals surface area contributed by atoms with Crippen LogP contribution in [0.2, 0.25) is 0 Å². The van der Waals surface area contributed by atoms with Crippen LogP contribution in [0.15, 0.2) is 70.0 Å². The van der Waals surface area contributed by atoms with Gasteiger partial charge in [-0.2, -0.15) is 8.42 Å². The number of hydrogen-bond donors (Lipinski definition) is 0. The normalized spacial score (nSPS) is 20.2.